The number of thioether (sulfide) groups is 2. The maximum atomic E-state index is 13.2. The number of aliphatic hydroxyl groups is 1. The maximum Gasteiger partial charge on any atom is 0.312 e. The average Bonchev–Trinajstić information content (AvgIpc) is 3.33. The maximum absolute atomic E-state index is 13.2. The van der Waals surface area contributed by atoms with Crippen LogP contribution >= 0.6 is 23.5 Å². The van der Waals surface area contributed by atoms with Crippen LogP contribution in [0.25, 0.3) is 10.8 Å². The van der Waals surface area contributed by atoms with E-state index in [0.29, 0.717) is 22.8 Å². The Balaban J connectivity index is 1.58. The summed E-state index contributed by atoms with van der Waals surface area (Å²) in [4.78, 5) is 13.2. The fourth-order valence-corrected chi connectivity index (χ4v) is 8.90. The van der Waals surface area contributed by atoms with Crippen molar-refractivity contribution in [2.75, 3.05) is 39.4 Å². The lowest BCUT2D eigenvalue weighted by Gasteiger charge is -2.43. The van der Waals surface area contributed by atoms with Crippen molar-refractivity contribution in [3.8, 4) is 17.2 Å². The number of rotatable bonds is 7. The van der Waals surface area contributed by atoms with Gasteiger partial charge in [-0.15, -0.1) is 23.5 Å². The first kappa shape index (κ1) is 25.1. The van der Waals surface area contributed by atoms with Gasteiger partial charge < -0.3 is 24.1 Å². The minimum atomic E-state index is -1.10. The molecule has 2 aliphatic rings. The smallest absolute Gasteiger partial charge is 0.312 e. The standard InChI is InChI=1S/C28H30O6S2/c1-31-22-14-19(15-23(32-2)26(22)33-3)25(29)24-21(16-34-27(24)30)28(35-11-6-12-36-28)20-10-9-17-7-4-5-8-18(17)13-20/h4-5,7-10,13-15,21,24-25,29H,6,11-12,16H2,1-3H3/t21-,24-,25?/m0/s1. The van der Waals surface area contributed by atoms with Crippen LogP contribution in [0.2, 0.25) is 0 Å². The number of benzene rings is 3. The molecule has 2 aliphatic heterocycles. The van der Waals surface area contributed by atoms with Gasteiger partial charge in [0.1, 0.15) is 0 Å². The van der Waals surface area contributed by atoms with Crippen LogP contribution in [0, 0.1) is 11.8 Å². The monoisotopic (exact) mass is 526 g/mol. The molecule has 2 saturated heterocycles. The Labute approximate surface area is 219 Å². The molecule has 36 heavy (non-hydrogen) atoms. The van der Waals surface area contributed by atoms with Gasteiger partial charge in [-0.2, -0.15) is 0 Å². The molecule has 0 aliphatic carbocycles. The Bertz CT molecular complexity index is 1230. The number of carbonyl (C=O) groups is 1. The van der Waals surface area contributed by atoms with Gasteiger partial charge in [0.05, 0.1) is 44.0 Å². The van der Waals surface area contributed by atoms with Crippen molar-refractivity contribution >= 4 is 40.3 Å². The summed E-state index contributed by atoms with van der Waals surface area (Å²) >= 11 is 3.72. The van der Waals surface area contributed by atoms with Gasteiger partial charge in [-0.3, -0.25) is 4.79 Å². The molecule has 6 nitrogen and oxygen atoms in total. The van der Waals surface area contributed by atoms with E-state index in [2.05, 4.69) is 30.3 Å². The molecule has 5 rings (SSSR count). The van der Waals surface area contributed by atoms with Crippen molar-refractivity contribution in [2.45, 2.75) is 16.6 Å². The molecule has 0 aromatic heterocycles. The van der Waals surface area contributed by atoms with Crippen LogP contribution in [-0.2, 0) is 13.6 Å². The number of hydrogen-bond acceptors (Lipinski definition) is 8. The molecule has 8 heteroatoms. The zero-order valence-electron chi connectivity index (χ0n) is 20.6. The van der Waals surface area contributed by atoms with Crippen LogP contribution in [0.4, 0.5) is 0 Å². The lowest BCUT2D eigenvalue weighted by molar-refractivity contribution is -0.144. The van der Waals surface area contributed by atoms with E-state index < -0.39 is 16.1 Å². The molecule has 0 spiro atoms. The number of hydrogen-bond donors (Lipinski definition) is 1. The second kappa shape index (κ2) is 10.4. The van der Waals surface area contributed by atoms with Gasteiger partial charge in [-0.05, 0) is 58.0 Å². The van der Waals surface area contributed by atoms with Gasteiger partial charge in [0.2, 0.25) is 5.75 Å². The van der Waals surface area contributed by atoms with Crippen molar-refractivity contribution in [1.82, 2.24) is 0 Å². The first-order chi connectivity index (χ1) is 17.5. The van der Waals surface area contributed by atoms with Gasteiger partial charge in [-0.25, -0.2) is 0 Å². The van der Waals surface area contributed by atoms with E-state index in [-0.39, 0.29) is 18.5 Å². The van der Waals surface area contributed by atoms with E-state index in [9.17, 15) is 9.90 Å². The van der Waals surface area contributed by atoms with Crippen molar-refractivity contribution in [3.63, 3.8) is 0 Å². The fraction of sp³-hybridized carbons (Fsp3) is 0.393. The van der Waals surface area contributed by atoms with Crippen molar-refractivity contribution in [3.05, 3.63) is 65.7 Å². The van der Waals surface area contributed by atoms with Gasteiger partial charge in [0.25, 0.3) is 0 Å². The molecule has 3 aromatic carbocycles. The molecular formula is C28H30O6S2. The Morgan fingerprint density at radius 2 is 1.61 bits per heavy atom. The summed E-state index contributed by atoms with van der Waals surface area (Å²) in [5.74, 6) is 1.92. The molecule has 1 N–H and O–H groups in total. The van der Waals surface area contributed by atoms with E-state index in [1.54, 1.807) is 12.1 Å². The normalized spacial score (nSPS) is 22.2. The van der Waals surface area contributed by atoms with E-state index in [4.69, 9.17) is 18.9 Å². The van der Waals surface area contributed by atoms with Crippen molar-refractivity contribution in [1.29, 1.82) is 0 Å². The highest BCUT2D eigenvalue weighted by Gasteiger charge is 2.55. The summed E-state index contributed by atoms with van der Waals surface area (Å²) in [5.41, 5.74) is 1.68. The predicted molar refractivity (Wildman–Crippen MR) is 144 cm³/mol. The quantitative estimate of drug-likeness (QED) is 0.410. The Kier molecular flexibility index (Phi) is 7.28. The highest BCUT2D eigenvalue weighted by molar-refractivity contribution is 8.18. The number of cyclic esters (lactones) is 1. The lowest BCUT2D eigenvalue weighted by Crippen LogP contribution is -2.39. The molecule has 1 unspecified atom stereocenters. The number of carbonyl (C=O) groups excluding carboxylic acids is 1. The number of esters is 1. The first-order valence-electron chi connectivity index (χ1n) is 11.9. The SMILES string of the molecule is COc1cc(C(O)[C@H]2C(=O)OC[C@@H]2C2(c3ccc4ccccc4c3)SCCCS2)cc(OC)c1OC. The molecule has 0 saturated carbocycles. The van der Waals surface area contributed by atoms with Crippen LogP contribution in [-0.4, -0.2) is 50.5 Å². The molecular weight excluding hydrogens is 496 g/mol. The number of methoxy groups -OCH3 is 3. The fourth-order valence-electron chi connectivity index (χ4n) is 5.26. The van der Waals surface area contributed by atoms with Gasteiger partial charge in [0, 0.05) is 5.92 Å². The van der Waals surface area contributed by atoms with Crippen LogP contribution < -0.4 is 14.2 Å². The molecule has 2 fully saturated rings. The number of ether oxygens (including phenoxy) is 4. The van der Waals surface area contributed by atoms with E-state index in [1.807, 2.05) is 35.7 Å². The topological polar surface area (TPSA) is 74.2 Å². The molecule has 0 bridgehead atoms. The highest BCUT2D eigenvalue weighted by atomic mass is 32.2. The van der Waals surface area contributed by atoms with E-state index in [0.717, 1.165) is 28.9 Å². The first-order valence-corrected chi connectivity index (χ1v) is 13.9. The van der Waals surface area contributed by atoms with Crippen molar-refractivity contribution in [2.24, 2.45) is 11.8 Å². The number of aliphatic hydroxyl groups excluding tert-OH is 1. The van der Waals surface area contributed by atoms with E-state index in [1.165, 1.54) is 26.7 Å². The second-order valence-corrected chi connectivity index (χ2v) is 11.9. The molecule has 3 atom stereocenters. The summed E-state index contributed by atoms with van der Waals surface area (Å²) < 4.78 is 21.7. The van der Waals surface area contributed by atoms with Gasteiger partial charge in [0.15, 0.2) is 11.5 Å². The zero-order valence-corrected chi connectivity index (χ0v) is 22.2. The summed E-state index contributed by atoms with van der Waals surface area (Å²) in [5, 5.41) is 14.0. The van der Waals surface area contributed by atoms with Gasteiger partial charge in [-0.1, -0.05) is 36.4 Å². The summed E-state index contributed by atoms with van der Waals surface area (Å²) in [6.07, 6.45) is 0.00546. The third-order valence-corrected chi connectivity index (χ3v) is 10.7. The Morgan fingerprint density at radius 3 is 2.25 bits per heavy atom. The Morgan fingerprint density at radius 1 is 0.944 bits per heavy atom. The third kappa shape index (κ3) is 4.29. The zero-order chi connectivity index (χ0) is 25.3. The highest BCUT2D eigenvalue weighted by Crippen LogP contribution is 2.60. The number of fused-ring (bicyclic) bond motifs is 1. The molecule has 0 amide bonds. The second-order valence-electron chi connectivity index (χ2n) is 8.95. The van der Waals surface area contributed by atoms with Crippen LogP contribution in [0.5, 0.6) is 17.2 Å². The average molecular weight is 527 g/mol. The molecule has 190 valence electrons. The largest absolute Gasteiger partial charge is 0.493 e. The van der Waals surface area contributed by atoms with E-state index >= 15 is 0 Å². The molecule has 0 radical (unpaired) electrons. The lowest BCUT2D eigenvalue weighted by atomic mass is 9.81. The minimum Gasteiger partial charge on any atom is -0.493 e. The summed E-state index contributed by atoms with van der Waals surface area (Å²) in [6, 6.07) is 18.2. The summed E-state index contributed by atoms with van der Waals surface area (Å²) in [6.45, 7) is 0.262. The third-order valence-electron chi connectivity index (χ3n) is 7.04. The summed E-state index contributed by atoms with van der Waals surface area (Å²) in [7, 11) is 4.60. The molecule has 3 aromatic rings. The predicted octanol–water partition coefficient (Wildman–Crippen LogP) is 5.41. The van der Waals surface area contributed by atoms with Gasteiger partial charge >= 0.3 is 5.97 Å². The van der Waals surface area contributed by atoms with Crippen molar-refractivity contribution < 1.29 is 28.8 Å². The van der Waals surface area contributed by atoms with Crippen LogP contribution in [0.1, 0.15) is 23.7 Å². The Hall–Kier alpha value is -2.55. The molecule has 2 heterocycles. The van der Waals surface area contributed by atoms with Crippen LogP contribution in [0.15, 0.2) is 54.6 Å². The van der Waals surface area contributed by atoms with Crippen LogP contribution in [0.3, 0.4) is 0 Å². The minimum absolute atomic E-state index is 0.226.